The quantitative estimate of drug-likeness (QED) is 0.480. The minimum atomic E-state index is -0.597. The van der Waals surface area contributed by atoms with Crippen LogP contribution in [-0.2, 0) is 9.53 Å². The SMILES string of the molecule is C=N/C=C1/CCN(c2cnc3c(c2C)N(C(=O)OC(C)(C)C)CCO3)C/C1=N/CNc1ccc(C)c(C)c1.C=O.CO. The number of fused-ring (bicyclic) bond motifs is 1. The third-order valence-electron chi connectivity index (χ3n) is 6.69. The van der Waals surface area contributed by atoms with E-state index in [9.17, 15) is 4.79 Å². The lowest BCUT2D eigenvalue weighted by atomic mass is 10.0. The molecule has 0 unspecified atom stereocenters. The number of anilines is 3. The summed E-state index contributed by atoms with van der Waals surface area (Å²) >= 11 is 0. The highest BCUT2D eigenvalue weighted by Gasteiger charge is 2.33. The van der Waals surface area contributed by atoms with Crippen LogP contribution < -0.4 is 19.9 Å². The van der Waals surface area contributed by atoms with E-state index in [1.807, 2.05) is 40.7 Å². The minimum Gasteiger partial charge on any atom is -0.474 e. The number of amides is 1. The summed E-state index contributed by atoms with van der Waals surface area (Å²) in [6.07, 6.45) is 3.98. The number of aryl methyl sites for hydroxylation is 2. The Morgan fingerprint density at radius 2 is 1.90 bits per heavy atom. The standard InChI is InChI=1S/C29H38N6O3.CH4O.CH2O/c1-19-8-9-23(14-20(19)2)32-18-33-24-17-34(11-10-22(24)15-30-7)25-16-31-27-26(21(25)3)35(12-13-37-27)28(36)38-29(4,5)6;2*1-2/h8-9,14-16,32H,7,10-13,17-18H2,1-6H3;2H,1H3;1H2/b22-15-,33-24-;;. The molecule has 2 aliphatic rings. The van der Waals surface area contributed by atoms with Gasteiger partial charge in [0, 0.05) is 31.1 Å². The van der Waals surface area contributed by atoms with Gasteiger partial charge in [0.25, 0.3) is 0 Å². The number of hydrogen-bond acceptors (Lipinski definition) is 10. The number of piperidine rings is 1. The molecular weight excluding hydrogens is 536 g/mol. The Morgan fingerprint density at radius 3 is 2.55 bits per heavy atom. The molecular formula is C31H44N6O5. The summed E-state index contributed by atoms with van der Waals surface area (Å²) in [5, 5.41) is 10.4. The van der Waals surface area contributed by atoms with Crippen molar-refractivity contribution in [3.63, 3.8) is 0 Å². The number of hydrogen-bond donors (Lipinski definition) is 2. The lowest BCUT2D eigenvalue weighted by Crippen LogP contribution is -2.43. The summed E-state index contributed by atoms with van der Waals surface area (Å²) in [5.74, 6) is 0.447. The van der Waals surface area contributed by atoms with Crippen molar-refractivity contribution in [3.05, 3.63) is 52.9 Å². The number of aliphatic imine (C=N–C) groups is 2. The molecule has 2 aromatic rings. The molecule has 3 heterocycles. The number of carbonyl (C=O) groups is 2. The van der Waals surface area contributed by atoms with E-state index in [0.717, 1.165) is 48.3 Å². The molecule has 1 aromatic heterocycles. The molecule has 0 atom stereocenters. The second-order valence-corrected chi connectivity index (χ2v) is 10.6. The van der Waals surface area contributed by atoms with Gasteiger partial charge in [-0.15, -0.1) is 0 Å². The van der Waals surface area contributed by atoms with Gasteiger partial charge in [0.1, 0.15) is 31.4 Å². The normalized spacial score (nSPS) is 16.3. The van der Waals surface area contributed by atoms with Gasteiger partial charge in [0.15, 0.2) is 0 Å². The van der Waals surface area contributed by atoms with E-state index >= 15 is 0 Å². The van der Waals surface area contributed by atoms with Crippen molar-refractivity contribution in [2.24, 2.45) is 9.98 Å². The second-order valence-electron chi connectivity index (χ2n) is 10.6. The third-order valence-corrected chi connectivity index (χ3v) is 6.69. The predicted octanol–water partition coefficient (Wildman–Crippen LogP) is 4.87. The second kappa shape index (κ2) is 15.7. The zero-order valence-electron chi connectivity index (χ0n) is 25.9. The van der Waals surface area contributed by atoms with Crippen LogP contribution in [0, 0.1) is 20.8 Å². The van der Waals surface area contributed by atoms with E-state index < -0.39 is 11.7 Å². The van der Waals surface area contributed by atoms with Gasteiger partial charge in [-0.1, -0.05) is 6.07 Å². The van der Waals surface area contributed by atoms with Crippen molar-refractivity contribution in [1.82, 2.24) is 4.98 Å². The van der Waals surface area contributed by atoms with Gasteiger partial charge >= 0.3 is 6.09 Å². The summed E-state index contributed by atoms with van der Waals surface area (Å²) in [4.78, 5) is 38.4. The highest BCUT2D eigenvalue weighted by atomic mass is 16.6. The first kappa shape index (κ1) is 34.0. The van der Waals surface area contributed by atoms with Crippen LogP contribution in [0.15, 0.2) is 46.2 Å². The zero-order valence-corrected chi connectivity index (χ0v) is 25.9. The number of aliphatic hydroxyl groups excluding tert-OH is 1. The average molecular weight is 581 g/mol. The number of benzene rings is 1. The number of carbonyl (C=O) groups excluding carboxylic acids is 2. The van der Waals surface area contributed by atoms with Crippen LogP contribution in [0.3, 0.4) is 0 Å². The molecule has 1 amide bonds. The molecule has 2 aliphatic heterocycles. The molecule has 0 radical (unpaired) electrons. The number of pyridine rings is 1. The molecule has 1 fully saturated rings. The maximum absolute atomic E-state index is 13.0. The highest BCUT2D eigenvalue weighted by Crippen LogP contribution is 2.39. The first-order valence-corrected chi connectivity index (χ1v) is 13.7. The Bertz CT molecular complexity index is 1300. The summed E-state index contributed by atoms with van der Waals surface area (Å²) < 4.78 is 11.5. The Hall–Kier alpha value is -4.25. The third kappa shape index (κ3) is 8.62. The van der Waals surface area contributed by atoms with Gasteiger partial charge < -0.3 is 29.6 Å². The smallest absolute Gasteiger partial charge is 0.415 e. The Balaban J connectivity index is 0.00000148. The Kier molecular flexibility index (Phi) is 12.7. The fourth-order valence-electron chi connectivity index (χ4n) is 4.59. The maximum atomic E-state index is 13.0. The topological polar surface area (TPSA) is 129 Å². The van der Waals surface area contributed by atoms with Crippen LogP contribution >= 0.6 is 0 Å². The number of ether oxygens (including phenoxy) is 2. The van der Waals surface area contributed by atoms with E-state index in [1.54, 1.807) is 11.1 Å². The molecule has 0 saturated carbocycles. The molecule has 11 nitrogen and oxygen atoms in total. The molecule has 4 rings (SSSR count). The fraction of sp³-hybridized carbons (Fsp3) is 0.452. The predicted molar refractivity (Wildman–Crippen MR) is 170 cm³/mol. The first-order chi connectivity index (χ1) is 20.1. The highest BCUT2D eigenvalue weighted by molar-refractivity contribution is 6.04. The van der Waals surface area contributed by atoms with Crippen molar-refractivity contribution in [2.75, 3.05) is 55.1 Å². The first-order valence-electron chi connectivity index (χ1n) is 13.7. The number of nitrogens with one attached hydrogen (secondary N) is 1. The molecule has 0 spiro atoms. The van der Waals surface area contributed by atoms with Crippen LogP contribution in [0.25, 0.3) is 0 Å². The number of aromatic nitrogens is 1. The molecule has 228 valence electrons. The lowest BCUT2D eigenvalue weighted by Gasteiger charge is -2.36. The maximum Gasteiger partial charge on any atom is 0.415 e. The fourth-order valence-corrected chi connectivity index (χ4v) is 4.59. The van der Waals surface area contributed by atoms with E-state index in [1.165, 1.54) is 11.1 Å². The molecule has 1 aromatic carbocycles. The summed E-state index contributed by atoms with van der Waals surface area (Å²) in [6.45, 7) is 20.0. The van der Waals surface area contributed by atoms with Crippen molar-refractivity contribution < 1.29 is 24.2 Å². The van der Waals surface area contributed by atoms with Crippen molar-refractivity contribution in [3.8, 4) is 5.88 Å². The zero-order chi connectivity index (χ0) is 31.4. The van der Waals surface area contributed by atoms with Gasteiger partial charge in [0.2, 0.25) is 5.88 Å². The summed E-state index contributed by atoms with van der Waals surface area (Å²) in [5.41, 5.74) is 7.46. The van der Waals surface area contributed by atoms with E-state index in [4.69, 9.17) is 24.4 Å². The number of aliphatic hydroxyl groups is 1. The van der Waals surface area contributed by atoms with Crippen LogP contribution in [0.4, 0.5) is 21.9 Å². The molecule has 0 aliphatic carbocycles. The molecule has 1 saturated heterocycles. The minimum absolute atomic E-state index is 0.370. The van der Waals surface area contributed by atoms with Gasteiger partial charge in [-0.2, -0.15) is 0 Å². The monoisotopic (exact) mass is 580 g/mol. The molecule has 11 heteroatoms. The van der Waals surface area contributed by atoms with Gasteiger partial charge in [-0.05, 0) is 83.5 Å². The summed E-state index contributed by atoms with van der Waals surface area (Å²) in [7, 11) is 1.00. The van der Waals surface area contributed by atoms with E-state index in [2.05, 4.69) is 59.0 Å². The van der Waals surface area contributed by atoms with Gasteiger partial charge in [0.05, 0.1) is 30.7 Å². The summed E-state index contributed by atoms with van der Waals surface area (Å²) in [6, 6.07) is 6.31. The number of rotatable bonds is 5. The van der Waals surface area contributed by atoms with Crippen molar-refractivity contribution in [1.29, 1.82) is 0 Å². The Morgan fingerprint density at radius 1 is 1.19 bits per heavy atom. The largest absolute Gasteiger partial charge is 0.474 e. The van der Waals surface area contributed by atoms with Crippen LogP contribution in [0.5, 0.6) is 5.88 Å². The molecule has 0 bridgehead atoms. The van der Waals surface area contributed by atoms with Crippen LogP contribution in [0.1, 0.15) is 43.9 Å². The number of nitrogens with zero attached hydrogens (tertiary/aromatic N) is 5. The van der Waals surface area contributed by atoms with E-state index in [-0.39, 0.29) is 0 Å². The van der Waals surface area contributed by atoms with Crippen molar-refractivity contribution in [2.45, 2.75) is 53.6 Å². The van der Waals surface area contributed by atoms with Crippen LogP contribution in [0.2, 0.25) is 0 Å². The average Bonchev–Trinajstić information content (AvgIpc) is 2.97. The van der Waals surface area contributed by atoms with Gasteiger partial charge in [-0.25, -0.2) is 9.78 Å². The Labute approximate surface area is 249 Å². The van der Waals surface area contributed by atoms with Gasteiger partial charge in [-0.3, -0.25) is 14.9 Å². The molecule has 42 heavy (non-hydrogen) atoms. The van der Waals surface area contributed by atoms with Crippen LogP contribution in [-0.4, -0.2) is 81.0 Å². The van der Waals surface area contributed by atoms with E-state index in [0.29, 0.717) is 37.9 Å². The van der Waals surface area contributed by atoms with Crippen molar-refractivity contribution >= 4 is 42.4 Å². The molecule has 2 N–H and O–H groups in total. The lowest BCUT2D eigenvalue weighted by molar-refractivity contribution is -0.0980.